The van der Waals surface area contributed by atoms with E-state index in [1.165, 1.54) is 0 Å². The zero-order valence-corrected chi connectivity index (χ0v) is 12.7. The number of methoxy groups -OCH3 is 1. The number of ether oxygens (including phenoxy) is 1. The van der Waals surface area contributed by atoms with Crippen molar-refractivity contribution in [2.45, 2.75) is 26.7 Å². The van der Waals surface area contributed by atoms with Crippen molar-refractivity contribution >= 4 is 5.82 Å². The molecule has 0 aliphatic heterocycles. The second kappa shape index (κ2) is 8.07. The van der Waals surface area contributed by atoms with E-state index in [0.29, 0.717) is 5.92 Å². The highest BCUT2D eigenvalue weighted by Crippen LogP contribution is 2.15. The summed E-state index contributed by atoms with van der Waals surface area (Å²) >= 11 is 0. The Hall–Kier alpha value is -1.20. The Kier molecular flexibility index (Phi) is 6.73. The zero-order chi connectivity index (χ0) is 14.3. The lowest BCUT2D eigenvalue weighted by atomic mass is 10.2. The second-order valence-electron chi connectivity index (χ2n) is 5.04. The number of aryl methyl sites for hydroxylation is 1. The van der Waals surface area contributed by atoms with E-state index >= 15 is 0 Å². The van der Waals surface area contributed by atoms with Crippen LogP contribution in [0, 0.1) is 6.92 Å². The highest BCUT2D eigenvalue weighted by molar-refractivity contribution is 5.38. The number of rotatable bonds is 8. The first-order valence-corrected chi connectivity index (χ1v) is 6.81. The van der Waals surface area contributed by atoms with Crippen LogP contribution >= 0.6 is 0 Å². The van der Waals surface area contributed by atoms with Gasteiger partial charge < -0.3 is 15.0 Å². The third kappa shape index (κ3) is 5.53. The Morgan fingerprint density at radius 2 is 2.05 bits per heavy atom. The molecule has 0 saturated heterocycles. The summed E-state index contributed by atoms with van der Waals surface area (Å²) in [6, 6.07) is 2.03. The van der Waals surface area contributed by atoms with Gasteiger partial charge in [0.25, 0.3) is 0 Å². The first kappa shape index (κ1) is 15.9. The second-order valence-corrected chi connectivity index (χ2v) is 5.04. The van der Waals surface area contributed by atoms with E-state index < -0.39 is 0 Å². The minimum Gasteiger partial charge on any atom is -0.383 e. The fraction of sp³-hybridized carbons (Fsp3) is 0.714. The van der Waals surface area contributed by atoms with E-state index in [0.717, 1.165) is 43.6 Å². The highest BCUT2D eigenvalue weighted by Gasteiger charge is 2.09. The molecule has 0 fully saturated rings. The molecule has 0 unspecified atom stereocenters. The Labute approximate surface area is 116 Å². The first-order chi connectivity index (χ1) is 9.04. The van der Waals surface area contributed by atoms with Gasteiger partial charge in [0.1, 0.15) is 11.6 Å². The summed E-state index contributed by atoms with van der Waals surface area (Å²) in [4.78, 5) is 11.2. The van der Waals surface area contributed by atoms with Crippen molar-refractivity contribution in [2.75, 3.05) is 45.3 Å². The summed E-state index contributed by atoms with van der Waals surface area (Å²) in [5.41, 5.74) is 1.02. The predicted octanol–water partition coefficient (Wildman–Crippen LogP) is 1.58. The SMILES string of the molecule is COCCNCCN(C)c1cc(C)nc(C(C)C)n1. The van der Waals surface area contributed by atoms with Gasteiger partial charge in [-0.25, -0.2) is 9.97 Å². The molecule has 0 bridgehead atoms. The Morgan fingerprint density at radius 1 is 1.32 bits per heavy atom. The number of anilines is 1. The molecular weight excluding hydrogens is 240 g/mol. The molecule has 0 atom stereocenters. The summed E-state index contributed by atoms with van der Waals surface area (Å²) < 4.78 is 4.99. The molecular formula is C14H26N4O. The molecule has 0 radical (unpaired) electrons. The van der Waals surface area contributed by atoms with Crippen LogP contribution in [0.4, 0.5) is 5.82 Å². The van der Waals surface area contributed by atoms with Crippen LogP contribution < -0.4 is 10.2 Å². The topological polar surface area (TPSA) is 50.3 Å². The number of aromatic nitrogens is 2. The Bertz CT molecular complexity index is 382. The van der Waals surface area contributed by atoms with Crippen molar-refractivity contribution in [2.24, 2.45) is 0 Å². The quantitative estimate of drug-likeness (QED) is 0.724. The zero-order valence-electron chi connectivity index (χ0n) is 12.7. The molecule has 0 aliphatic carbocycles. The van der Waals surface area contributed by atoms with Gasteiger partial charge in [-0.05, 0) is 6.92 Å². The monoisotopic (exact) mass is 266 g/mol. The maximum atomic E-state index is 4.99. The van der Waals surface area contributed by atoms with Crippen molar-refractivity contribution in [3.8, 4) is 0 Å². The number of likely N-dealkylation sites (N-methyl/N-ethyl adjacent to an activating group) is 1. The normalized spacial score (nSPS) is 11.1. The van der Waals surface area contributed by atoms with E-state index in [-0.39, 0.29) is 0 Å². The molecule has 1 rings (SSSR count). The first-order valence-electron chi connectivity index (χ1n) is 6.81. The molecule has 1 aromatic rings. The van der Waals surface area contributed by atoms with Gasteiger partial charge in [-0.2, -0.15) is 0 Å². The minimum absolute atomic E-state index is 0.354. The van der Waals surface area contributed by atoms with Crippen LogP contribution in [0.2, 0.25) is 0 Å². The number of hydrogen-bond acceptors (Lipinski definition) is 5. The fourth-order valence-electron chi connectivity index (χ4n) is 1.69. The van der Waals surface area contributed by atoms with Gasteiger partial charge in [0.05, 0.1) is 6.61 Å². The maximum absolute atomic E-state index is 4.99. The molecule has 0 spiro atoms. The van der Waals surface area contributed by atoms with E-state index in [1.54, 1.807) is 7.11 Å². The van der Waals surface area contributed by atoms with Gasteiger partial charge in [-0.15, -0.1) is 0 Å². The maximum Gasteiger partial charge on any atom is 0.133 e. The van der Waals surface area contributed by atoms with Gasteiger partial charge in [0.15, 0.2) is 0 Å². The lowest BCUT2D eigenvalue weighted by Crippen LogP contribution is -2.31. The van der Waals surface area contributed by atoms with Crippen molar-refractivity contribution in [1.29, 1.82) is 0 Å². The molecule has 0 aromatic carbocycles. The van der Waals surface area contributed by atoms with Crippen molar-refractivity contribution in [3.05, 3.63) is 17.6 Å². The van der Waals surface area contributed by atoms with Crippen LogP contribution in [-0.4, -0.2) is 50.4 Å². The largest absolute Gasteiger partial charge is 0.383 e. The van der Waals surface area contributed by atoms with Gasteiger partial charge in [0, 0.05) is 51.5 Å². The summed E-state index contributed by atoms with van der Waals surface area (Å²) in [6.45, 7) is 9.70. The smallest absolute Gasteiger partial charge is 0.133 e. The minimum atomic E-state index is 0.354. The van der Waals surface area contributed by atoms with Gasteiger partial charge in [0.2, 0.25) is 0 Å². The van der Waals surface area contributed by atoms with Crippen molar-refractivity contribution < 1.29 is 4.74 Å². The van der Waals surface area contributed by atoms with Crippen molar-refractivity contribution in [3.63, 3.8) is 0 Å². The standard InChI is InChI=1S/C14H26N4O/c1-11(2)14-16-12(3)10-13(17-14)18(4)8-6-15-7-9-19-5/h10-11,15H,6-9H2,1-5H3. The van der Waals surface area contributed by atoms with Crippen LogP contribution in [0.3, 0.4) is 0 Å². The lowest BCUT2D eigenvalue weighted by Gasteiger charge is -2.20. The van der Waals surface area contributed by atoms with Crippen LogP contribution in [0.15, 0.2) is 6.07 Å². The molecule has 0 aliphatic rings. The number of nitrogens with one attached hydrogen (secondary N) is 1. The molecule has 1 N–H and O–H groups in total. The summed E-state index contributed by atoms with van der Waals surface area (Å²) in [6.07, 6.45) is 0. The van der Waals surface area contributed by atoms with Crippen LogP contribution in [0.25, 0.3) is 0 Å². The van der Waals surface area contributed by atoms with Gasteiger partial charge in [-0.1, -0.05) is 13.8 Å². The third-order valence-electron chi connectivity index (χ3n) is 2.87. The van der Waals surface area contributed by atoms with Crippen LogP contribution in [0.1, 0.15) is 31.3 Å². The van der Waals surface area contributed by atoms with Gasteiger partial charge >= 0.3 is 0 Å². The Balaban J connectivity index is 2.54. The third-order valence-corrected chi connectivity index (χ3v) is 2.87. The molecule has 0 amide bonds. The predicted molar refractivity (Wildman–Crippen MR) is 78.9 cm³/mol. The van der Waals surface area contributed by atoms with E-state index in [2.05, 4.69) is 41.1 Å². The highest BCUT2D eigenvalue weighted by atomic mass is 16.5. The Morgan fingerprint density at radius 3 is 2.68 bits per heavy atom. The average molecular weight is 266 g/mol. The van der Waals surface area contributed by atoms with Crippen LogP contribution in [-0.2, 0) is 4.74 Å². The summed E-state index contributed by atoms with van der Waals surface area (Å²) in [5.74, 6) is 2.26. The molecule has 1 heterocycles. The average Bonchev–Trinajstić information content (AvgIpc) is 2.37. The number of hydrogen-bond donors (Lipinski definition) is 1. The van der Waals surface area contributed by atoms with Gasteiger partial charge in [-0.3, -0.25) is 0 Å². The lowest BCUT2D eigenvalue weighted by molar-refractivity contribution is 0.200. The summed E-state index contributed by atoms with van der Waals surface area (Å²) in [5, 5.41) is 3.33. The fourth-order valence-corrected chi connectivity index (χ4v) is 1.69. The number of nitrogens with zero attached hydrogens (tertiary/aromatic N) is 3. The van der Waals surface area contributed by atoms with E-state index in [4.69, 9.17) is 4.74 Å². The molecule has 5 nitrogen and oxygen atoms in total. The van der Waals surface area contributed by atoms with E-state index in [9.17, 15) is 0 Å². The molecule has 0 saturated carbocycles. The molecule has 1 aromatic heterocycles. The molecule has 108 valence electrons. The molecule has 5 heteroatoms. The van der Waals surface area contributed by atoms with Crippen molar-refractivity contribution in [1.82, 2.24) is 15.3 Å². The van der Waals surface area contributed by atoms with E-state index in [1.807, 2.05) is 13.0 Å². The summed E-state index contributed by atoms with van der Waals surface area (Å²) in [7, 11) is 3.77. The molecule has 19 heavy (non-hydrogen) atoms. The van der Waals surface area contributed by atoms with Crippen LogP contribution in [0.5, 0.6) is 0 Å².